The van der Waals surface area contributed by atoms with E-state index in [1.807, 2.05) is 0 Å². The number of rotatable bonds is 9. The summed E-state index contributed by atoms with van der Waals surface area (Å²) in [5, 5.41) is 11.5. The van der Waals surface area contributed by atoms with Gasteiger partial charge in [-0.25, -0.2) is 0 Å². The Kier molecular flexibility index (Phi) is 7.32. The van der Waals surface area contributed by atoms with Crippen LogP contribution < -0.4 is 5.32 Å². The Morgan fingerprint density at radius 1 is 1.30 bits per heavy atom. The number of carbonyl (C=O) groups excluding carboxylic acids is 1. The largest absolute Gasteiger partial charge is 0.481 e. The molecule has 1 unspecified atom stereocenters. The first-order chi connectivity index (χ1) is 9.63. The van der Waals surface area contributed by atoms with Crippen LogP contribution in [0.5, 0.6) is 0 Å². The van der Waals surface area contributed by atoms with E-state index in [-0.39, 0.29) is 12.3 Å². The molecule has 5 heteroatoms. The molecule has 1 amide bonds. The fourth-order valence-corrected chi connectivity index (χ4v) is 2.15. The third-order valence-electron chi connectivity index (χ3n) is 3.20. The van der Waals surface area contributed by atoms with E-state index in [0.29, 0.717) is 24.6 Å². The SMILES string of the molecule is CCCC(CCNC(=O)c1ccccn1)CCC(=O)O. The van der Waals surface area contributed by atoms with E-state index >= 15 is 0 Å². The van der Waals surface area contributed by atoms with Crippen molar-refractivity contribution in [2.24, 2.45) is 5.92 Å². The lowest BCUT2D eigenvalue weighted by atomic mass is 9.94. The third-order valence-corrected chi connectivity index (χ3v) is 3.20. The number of carboxylic acids is 1. The van der Waals surface area contributed by atoms with E-state index in [2.05, 4.69) is 17.2 Å². The summed E-state index contributed by atoms with van der Waals surface area (Å²) < 4.78 is 0. The number of carboxylic acid groups (broad SMARTS) is 1. The van der Waals surface area contributed by atoms with Gasteiger partial charge in [0.05, 0.1) is 0 Å². The molecule has 0 spiro atoms. The van der Waals surface area contributed by atoms with E-state index < -0.39 is 5.97 Å². The maximum atomic E-state index is 11.8. The first-order valence-electron chi connectivity index (χ1n) is 7.04. The maximum absolute atomic E-state index is 11.8. The van der Waals surface area contributed by atoms with Crippen LogP contribution in [0.4, 0.5) is 0 Å². The Morgan fingerprint density at radius 3 is 2.70 bits per heavy atom. The van der Waals surface area contributed by atoms with Gasteiger partial charge in [0.2, 0.25) is 0 Å². The van der Waals surface area contributed by atoms with Crippen LogP contribution in [0.25, 0.3) is 0 Å². The van der Waals surface area contributed by atoms with Gasteiger partial charge in [0.1, 0.15) is 5.69 Å². The standard InChI is InChI=1S/C15H22N2O3/c1-2-5-12(7-8-14(18)19)9-11-17-15(20)13-6-3-4-10-16-13/h3-4,6,10,12H,2,5,7-9,11H2,1H3,(H,17,20)(H,18,19). The van der Waals surface area contributed by atoms with Crippen LogP contribution in [-0.4, -0.2) is 28.5 Å². The molecular formula is C15H22N2O3. The van der Waals surface area contributed by atoms with Crippen LogP contribution in [-0.2, 0) is 4.79 Å². The van der Waals surface area contributed by atoms with Crippen molar-refractivity contribution < 1.29 is 14.7 Å². The molecule has 1 rings (SSSR count). The molecular weight excluding hydrogens is 256 g/mol. The lowest BCUT2D eigenvalue weighted by molar-refractivity contribution is -0.137. The van der Waals surface area contributed by atoms with Crippen LogP contribution in [0.15, 0.2) is 24.4 Å². The Morgan fingerprint density at radius 2 is 2.10 bits per heavy atom. The van der Waals surface area contributed by atoms with Crippen molar-refractivity contribution in [3.05, 3.63) is 30.1 Å². The molecule has 1 aromatic heterocycles. The number of pyridine rings is 1. The van der Waals surface area contributed by atoms with E-state index in [0.717, 1.165) is 19.3 Å². The fraction of sp³-hybridized carbons (Fsp3) is 0.533. The Balaban J connectivity index is 2.32. The van der Waals surface area contributed by atoms with Gasteiger partial charge in [0.15, 0.2) is 0 Å². The van der Waals surface area contributed by atoms with Gasteiger partial charge in [-0.15, -0.1) is 0 Å². The molecule has 5 nitrogen and oxygen atoms in total. The topological polar surface area (TPSA) is 79.3 Å². The van der Waals surface area contributed by atoms with Crippen molar-refractivity contribution in [3.63, 3.8) is 0 Å². The minimum absolute atomic E-state index is 0.181. The van der Waals surface area contributed by atoms with Gasteiger partial charge in [0, 0.05) is 19.2 Å². The second-order valence-corrected chi connectivity index (χ2v) is 4.85. The molecule has 1 atom stereocenters. The number of hydrogen-bond donors (Lipinski definition) is 2. The second kappa shape index (κ2) is 9.07. The molecule has 0 fully saturated rings. The minimum atomic E-state index is -0.761. The summed E-state index contributed by atoms with van der Waals surface area (Å²) >= 11 is 0. The zero-order chi connectivity index (χ0) is 14.8. The van der Waals surface area contributed by atoms with E-state index in [9.17, 15) is 9.59 Å². The number of aliphatic carboxylic acids is 1. The number of nitrogens with one attached hydrogen (secondary N) is 1. The molecule has 0 aromatic carbocycles. The van der Waals surface area contributed by atoms with Crippen molar-refractivity contribution >= 4 is 11.9 Å². The Bertz CT molecular complexity index is 420. The molecule has 0 saturated carbocycles. The van der Waals surface area contributed by atoms with Crippen LogP contribution in [0, 0.1) is 5.92 Å². The van der Waals surface area contributed by atoms with Crippen molar-refractivity contribution in [1.29, 1.82) is 0 Å². The van der Waals surface area contributed by atoms with E-state index in [4.69, 9.17) is 5.11 Å². The molecule has 0 bridgehead atoms. The monoisotopic (exact) mass is 278 g/mol. The zero-order valence-corrected chi connectivity index (χ0v) is 11.8. The Labute approximate surface area is 119 Å². The second-order valence-electron chi connectivity index (χ2n) is 4.85. The first-order valence-corrected chi connectivity index (χ1v) is 7.04. The highest BCUT2D eigenvalue weighted by Crippen LogP contribution is 2.17. The van der Waals surface area contributed by atoms with Gasteiger partial charge in [-0.1, -0.05) is 25.8 Å². The molecule has 20 heavy (non-hydrogen) atoms. The lowest BCUT2D eigenvalue weighted by Crippen LogP contribution is -2.26. The third kappa shape index (κ3) is 6.31. The molecule has 0 aliphatic rings. The quantitative estimate of drug-likeness (QED) is 0.727. The number of aromatic nitrogens is 1. The summed E-state index contributed by atoms with van der Waals surface area (Å²) in [6.45, 7) is 2.64. The van der Waals surface area contributed by atoms with E-state index in [1.54, 1.807) is 24.4 Å². The molecule has 0 aliphatic heterocycles. The predicted octanol–water partition coefficient (Wildman–Crippen LogP) is 2.48. The molecule has 0 aliphatic carbocycles. The molecule has 2 N–H and O–H groups in total. The normalized spacial score (nSPS) is 11.8. The van der Waals surface area contributed by atoms with Crippen molar-refractivity contribution in [2.75, 3.05) is 6.54 Å². The first kappa shape index (κ1) is 16.1. The van der Waals surface area contributed by atoms with Crippen LogP contribution in [0.3, 0.4) is 0 Å². The smallest absolute Gasteiger partial charge is 0.303 e. The maximum Gasteiger partial charge on any atom is 0.303 e. The van der Waals surface area contributed by atoms with Gasteiger partial charge < -0.3 is 10.4 Å². The van der Waals surface area contributed by atoms with Gasteiger partial charge in [-0.2, -0.15) is 0 Å². The molecule has 110 valence electrons. The molecule has 1 heterocycles. The minimum Gasteiger partial charge on any atom is -0.481 e. The Hall–Kier alpha value is -1.91. The van der Waals surface area contributed by atoms with Crippen molar-refractivity contribution in [1.82, 2.24) is 10.3 Å². The van der Waals surface area contributed by atoms with Crippen molar-refractivity contribution in [3.8, 4) is 0 Å². The van der Waals surface area contributed by atoms with Crippen molar-refractivity contribution in [2.45, 2.75) is 39.0 Å². The molecule has 0 radical (unpaired) electrons. The summed E-state index contributed by atoms with van der Waals surface area (Å²) in [6.07, 6.45) is 5.27. The summed E-state index contributed by atoms with van der Waals surface area (Å²) in [7, 11) is 0. The van der Waals surface area contributed by atoms with Crippen LogP contribution >= 0.6 is 0 Å². The average molecular weight is 278 g/mol. The summed E-state index contributed by atoms with van der Waals surface area (Å²) in [4.78, 5) is 26.4. The van der Waals surface area contributed by atoms with E-state index in [1.165, 1.54) is 0 Å². The zero-order valence-electron chi connectivity index (χ0n) is 11.8. The summed E-state index contributed by atoms with van der Waals surface area (Å²) in [5.74, 6) is -0.595. The van der Waals surface area contributed by atoms with Gasteiger partial charge >= 0.3 is 5.97 Å². The van der Waals surface area contributed by atoms with Gasteiger partial charge in [-0.3, -0.25) is 14.6 Å². The number of hydrogen-bond acceptors (Lipinski definition) is 3. The van der Waals surface area contributed by atoms with Crippen LogP contribution in [0.1, 0.15) is 49.5 Å². The fourth-order valence-electron chi connectivity index (χ4n) is 2.15. The lowest BCUT2D eigenvalue weighted by Gasteiger charge is -2.15. The van der Waals surface area contributed by atoms with Gasteiger partial charge in [-0.05, 0) is 30.9 Å². The van der Waals surface area contributed by atoms with Gasteiger partial charge in [0.25, 0.3) is 5.91 Å². The number of carbonyl (C=O) groups is 2. The predicted molar refractivity (Wildman–Crippen MR) is 76.5 cm³/mol. The van der Waals surface area contributed by atoms with Crippen LogP contribution in [0.2, 0.25) is 0 Å². The highest BCUT2D eigenvalue weighted by atomic mass is 16.4. The number of amides is 1. The molecule has 1 aromatic rings. The number of nitrogens with zero attached hydrogens (tertiary/aromatic N) is 1. The summed E-state index contributed by atoms with van der Waals surface area (Å²) in [6, 6.07) is 5.21. The highest BCUT2D eigenvalue weighted by Gasteiger charge is 2.11. The summed E-state index contributed by atoms with van der Waals surface area (Å²) in [5.41, 5.74) is 0.407. The average Bonchev–Trinajstić information content (AvgIpc) is 2.45. The highest BCUT2D eigenvalue weighted by molar-refractivity contribution is 5.92. The molecule has 0 saturated heterocycles.